The summed E-state index contributed by atoms with van der Waals surface area (Å²) in [6.07, 6.45) is 8.31. The lowest BCUT2D eigenvalue weighted by Crippen LogP contribution is -2.27. The lowest BCUT2D eigenvalue weighted by molar-refractivity contribution is 0.0694. The molecule has 1 amide bonds. The molecule has 2 aromatic carbocycles. The predicted molar refractivity (Wildman–Crippen MR) is 173 cm³/mol. The number of anilines is 1. The van der Waals surface area contributed by atoms with Crippen molar-refractivity contribution in [1.29, 1.82) is 0 Å². The van der Waals surface area contributed by atoms with Crippen LogP contribution in [0.25, 0.3) is 22.0 Å². The molecule has 0 aliphatic carbocycles. The van der Waals surface area contributed by atoms with E-state index in [1.165, 1.54) is 6.20 Å². The van der Waals surface area contributed by atoms with Crippen molar-refractivity contribution in [1.82, 2.24) is 14.5 Å². The van der Waals surface area contributed by atoms with Gasteiger partial charge in [0.05, 0.1) is 22.4 Å². The number of rotatable bonds is 7. The first-order chi connectivity index (χ1) is 20.9. The molecule has 4 heterocycles. The van der Waals surface area contributed by atoms with Crippen LogP contribution in [0.1, 0.15) is 34.8 Å². The van der Waals surface area contributed by atoms with Crippen molar-refractivity contribution in [2.75, 3.05) is 25.6 Å². The van der Waals surface area contributed by atoms with E-state index in [9.17, 15) is 9.59 Å². The summed E-state index contributed by atoms with van der Waals surface area (Å²) >= 11 is 2.21. The number of aromatic nitrogens is 3. The second-order valence-corrected chi connectivity index (χ2v) is 11.5. The molecule has 0 bridgehead atoms. The van der Waals surface area contributed by atoms with Gasteiger partial charge in [-0.15, -0.1) is 0 Å². The first kappa shape index (κ1) is 28.8. The van der Waals surface area contributed by atoms with Gasteiger partial charge in [0.1, 0.15) is 28.6 Å². The lowest BCUT2D eigenvalue weighted by atomic mass is 10.0. The van der Waals surface area contributed by atoms with Crippen molar-refractivity contribution in [2.45, 2.75) is 25.8 Å². The fourth-order valence-corrected chi connectivity index (χ4v) is 5.76. The molecular formula is C33H29IN4O5. The molecular weight excluding hydrogens is 659 g/mol. The lowest BCUT2D eigenvalue weighted by Gasteiger charge is -2.26. The van der Waals surface area contributed by atoms with Crippen LogP contribution in [0.15, 0.2) is 84.2 Å². The van der Waals surface area contributed by atoms with Gasteiger partial charge in [-0.2, -0.15) is 0 Å². The topological polar surface area (TPSA) is 105 Å². The first-order valence-corrected chi connectivity index (χ1v) is 15.0. The molecule has 3 aromatic heterocycles. The number of fused-ring (bicyclic) bond motifs is 1. The van der Waals surface area contributed by atoms with Gasteiger partial charge in [-0.3, -0.25) is 14.6 Å². The third-order valence-electron chi connectivity index (χ3n) is 7.45. The Morgan fingerprint density at radius 3 is 2.53 bits per heavy atom. The van der Waals surface area contributed by atoms with Crippen molar-refractivity contribution in [3.63, 3.8) is 0 Å². The minimum Gasteiger partial charge on any atom is -0.496 e. The third-order valence-corrected chi connectivity index (χ3v) is 8.29. The molecule has 9 nitrogen and oxygen atoms in total. The smallest absolute Gasteiger partial charge is 0.262 e. The second kappa shape index (κ2) is 12.5. The number of carbonyl (C=O) groups is 1. The van der Waals surface area contributed by atoms with Crippen LogP contribution in [0, 0.1) is 10.5 Å². The van der Waals surface area contributed by atoms with Gasteiger partial charge in [0, 0.05) is 48.8 Å². The molecule has 1 aliphatic heterocycles. The molecule has 10 heteroatoms. The molecule has 1 saturated heterocycles. The van der Waals surface area contributed by atoms with Gasteiger partial charge in [0.25, 0.3) is 5.91 Å². The predicted octanol–water partition coefficient (Wildman–Crippen LogP) is 6.78. The van der Waals surface area contributed by atoms with Crippen molar-refractivity contribution in [2.24, 2.45) is 0 Å². The summed E-state index contributed by atoms with van der Waals surface area (Å²) in [4.78, 5) is 35.9. The molecule has 5 aromatic rings. The zero-order valence-corrected chi connectivity index (χ0v) is 25.8. The summed E-state index contributed by atoms with van der Waals surface area (Å²) in [7, 11) is 1.62. The van der Waals surface area contributed by atoms with E-state index in [0.717, 1.165) is 44.2 Å². The van der Waals surface area contributed by atoms with E-state index in [2.05, 4.69) is 37.9 Å². The molecule has 0 unspecified atom stereocenters. The number of amides is 1. The summed E-state index contributed by atoms with van der Waals surface area (Å²) in [6.45, 7) is 3.27. The van der Waals surface area contributed by atoms with E-state index in [4.69, 9.17) is 14.2 Å². The van der Waals surface area contributed by atoms with Crippen molar-refractivity contribution in [3.05, 3.63) is 104 Å². The Morgan fingerprint density at radius 2 is 1.81 bits per heavy atom. The Balaban J connectivity index is 1.26. The van der Waals surface area contributed by atoms with Crippen LogP contribution in [-0.4, -0.2) is 40.8 Å². The minimum absolute atomic E-state index is 0.0542. The van der Waals surface area contributed by atoms with Crippen LogP contribution in [0.2, 0.25) is 0 Å². The number of carbonyl (C=O) groups excluding carboxylic acids is 1. The second-order valence-electron chi connectivity index (χ2n) is 10.3. The molecule has 0 spiro atoms. The quantitative estimate of drug-likeness (QED) is 0.188. The van der Waals surface area contributed by atoms with Crippen molar-refractivity contribution >= 4 is 45.2 Å². The van der Waals surface area contributed by atoms with Crippen molar-refractivity contribution in [3.8, 4) is 28.4 Å². The van der Waals surface area contributed by atoms with Gasteiger partial charge in [-0.25, -0.2) is 4.98 Å². The molecule has 1 N–H and O–H groups in total. The highest BCUT2D eigenvalue weighted by Crippen LogP contribution is 2.34. The summed E-state index contributed by atoms with van der Waals surface area (Å²) in [5.74, 6) is 1.57. The SMILES string of the molecule is COc1cc2c(Oc3ccc(NC(=O)c4cn(C5CCOCC5)cc(-c5ccc(C)cc5)c4=O)nc3)ccnc2cc1I. The van der Waals surface area contributed by atoms with E-state index in [0.29, 0.717) is 36.1 Å². The van der Waals surface area contributed by atoms with E-state index in [1.54, 1.807) is 37.7 Å². The Kier molecular flexibility index (Phi) is 8.39. The van der Waals surface area contributed by atoms with E-state index < -0.39 is 5.91 Å². The largest absolute Gasteiger partial charge is 0.496 e. The number of halogens is 1. The maximum Gasteiger partial charge on any atom is 0.262 e. The molecule has 1 aliphatic rings. The molecule has 0 saturated carbocycles. The summed E-state index contributed by atoms with van der Waals surface area (Å²) in [5, 5.41) is 3.59. The number of ether oxygens (including phenoxy) is 3. The average Bonchev–Trinajstić information content (AvgIpc) is 3.03. The molecule has 218 valence electrons. The van der Waals surface area contributed by atoms with Crippen LogP contribution in [0.5, 0.6) is 17.2 Å². The number of hydrogen-bond donors (Lipinski definition) is 1. The number of nitrogens with one attached hydrogen (secondary N) is 1. The van der Waals surface area contributed by atoms with E-state index in [1.807, 2.05) is 54.1 Å². The average molecular weight is 689 g/mol. The van der Waals surface area contributed by atoms with Crippen LogP contribution < -0.4 is 20.2 Å². The molecule has 0 radical (unpaired) electrons. The minimum atomic E-state index is -0.525. The monoisotopic (exact) mass is 688 g/mol. The van der Waals surface area contributed by atoms with E-state index >= 15 is 0 Å². The van der Waals surface area contributed by atoms with Crippen LogP contribution in [-0.2, 0) is 4.74 Å². The number of hydrogen-bond acceptors (Lipinski definition) is 7. The molecule has 43 heavy (non-hydrogen) atoms. The Bertz CT molecular complexity index is 1850. The van der Waals surface area contributed by atoms with Crippen molar-refractivity contribution < 1.29 is 19.0 Å². The van der Waals surface area contributed by atoms with Gasteiger partial charge < -0.3 is 24.1 Å². The van der Waals surface area contributed by atoms with Gasteiger partial charge in [-0.1, -0.05) is 29.8 Å². The van der Waals surface area contributed by atoms with E-state index in [-0.39, 0.29) is 17.0 Å². The summed E-state index contributed by atoms with van der Waals surface area (Å²) in [6, 6.07) is 16.8. The van der Waals surface area contributed by atoms with Gasteiger partial charge in [0.2, 0.25) is 5.43 Å². The van der Waals surface area contributed by atoms with Crippen LogP contribution in [0.4, 0.5) is 5.82 Å². The number of pyridine rings is 3. The van der Waals surface area contributed by atoms with Gasteiger partial charge in [0.15, 0.2) is 0 Å². The normalized spacial score (nSPS) is 13.6. The van der Waals surface area contributed by atoms with Crippen LogP contribution in [0.3, 0.4) is 0 Å². The molecule has 6 rings (SSSR count). The van der Waals surface area contributed by atoms with Gasteiger partial charge >= 0.3 is 0 Å². The standard InChI is InChI=1S/C33H29IN4O5/c1-20-3-5-21(6-4-20)25-18-38(22-10-13-42-14-11-22)19-26(32(25)39)33(40)37-31-8-7-23(17-36-31)43-29-9-12-35-28-16-27(34)30(41-2)15-24(28)29/h3-9,12,15-19,22H,10-11,13-14H2,1-2H3,(H,36,37,40). The third kappa shape index (κ3) is 6.25. The first-order valence-electron chi connectivity index (χ1n) is 13.9. The zero-order chi connectivity index (χ0) is 29.9. The Hall–Kier alpha value is -4.29. The Morgan fingerprint density at radius 1 is 1.02 bits per heavy atom. The zero-order valence-electron chi connectivity index (χ0n) is 23.7. The molecule has 1 fully saturated rings. The summed E-state index contributed by atoms with van der Waals surface area (Å²) < 4.78 is 20.0. The molecule has 0 atom stereocenters. The van der Waals surface area contributed by atoms with Crippen LogP contribution >= 0.6 is 22.6 Å². The number of aryl methyl sites for hydroxylation is 1. The maximum absolute atomic E-state index is 13.6. The number of benzene rings is 2. The Labute approximate surface area is 262 Å². The highest BCUT2D eigenvalue weighted by Gasteiger charge is 2.21. The highest BCUT2D eigenvalue weighted by molar-refractivity contribution is 14.1. The highest BCUT2D eigenvalue weighted by atomic mass is 127. The van der Waals surface area contributed by atoms with Gasteiger partial charge in [-0.05, 0) is 78.3 Å². The summed E-state index contributed by atoms with van der Waals surface area (Å²) in [5.41, 5.74) is 2.83. The maximum atomic E-state index is 13.6. The number of nitrogens with zero attached hydrogens (tertiary/aromatic N) is 3. The fraction of sp³-hybridized carbons (Fsp3) is 0.212. The fourth-order valence-electron chi connectivity index (χ4n) is 5.09. The number of methoxy groups -OCH3 is 1.